The molecule has 0 aliphatic rings. The van der Waals surface area contributed by atoms with Crippen LogP contribution in [-0.2, 0) is 0 Å². The molecule has 0 fully saturated rings. The van der Waals surface area contributed by atoms with E-state index in [1.807, 2.05) is 0 Å². The standard InChI is InChI=1S/C6H3Cl3N2O2.Na.H/c7-4-2-1-3-5(6(4)8)10(9)11(12)13;;/h1-3H;;. The van der Waals surface area contributed by atoms with Crippen LogP contribution in [0.5, 0.6) is 0 Å². The van der Waals surface area contributed by atoms with E-state index >= 15 is 0 Å². The van der Waals surface area contributed by atoms with E-state index in [0.29, 0.717) is 0 Å². The Hall–Kier alpha value is 0.290. The number of nitrogens with zero attached hydrogens (tertiary/aromatic N) is 2. The molecule has 4 nitrogen and oxygen atoms in total. The normalized spacial score (nSPS) is 9.07. The predicted molar refractivity (Wildman–Crippen MR) is 58.9 cm³/mol. The van der Waals surface area contributed by atoms with Gasteiger partial charge in [0, 0.05) is 4.53 Å². The first kappa shape index (κ1) is 14.3. The summed E-state index contributed by atoms with van der Waals surface area (Å²) < 4.78 is 0.286. The van der Waals surface area contributed by atoms with Gasteiger partial charge >= 0.3 is 29.6 Å². The second-order valence-corrected chi connectivity index (χ2v) is 3.18. The van der Waals surface area contributed by atoms with E-state index in [9.17, 15) is 10.1 Å². The molecule has 1 aromatic rings. The molecule has 14 heavy (non-hydrogen) atoms. The molecule has 0 aromatic heterocycles. The minimum absolute atomic E-state index is 0. The Morgan fingerprint density at radius 1 is 1.36 bits per heavy atom. The molecule has 0 atom stereocenters. The Labute approximate surface area is 117 Å². The summed E-state index contributed by atoms with van der Waals surface area (Å²) in [5.41, 5.74) is 0.0424. The molecular formula is C6H4Cl3N2NaO2. The maximum atomic E-state index is 10.3. The van der Waals surface area contributed by atoms with Crippen molar-refractivity contribution in [3.05, 3.63) is 38.4 Å². The number of rotatable bonds is 2. The minimum atomic E-state index is -0.806. The summed E-state index contributed by atoms with van der Waals surface area (Å²) in [6, 6.07) is 4.42. The summed E-state index contributed by atoms with van der Waals surface area (Å²) in [6.45, 7) is 0. The summed E-state index contributed by atoms with van der Waals surface area (Å²) in [4.78, 5) is 10.3. The average molecular weight is 265 g/mol. The first-order valence-corrected chi connectivity index (χ1v) is 4.17. The molecule has 0 bridgehead atoms. The Kier molecular flexibility index (Phi) is 6.12. The van der Waals surface area contributed by atoms with Crippen molar-refractivity contribution in [1.82, 2.24) is 0 Å². The van der Waals surface area contributed by atoms with E-state index in [1.165, 1.54) is 18.2 Å². The van der Waals surface area contributed by atoms with Crippen molar-refractivity contribution in [2.24, 2.45) is 0 Å². The molecule has 0 unspecified atom stereocenters. The van der Waals surface area contributed by atoms with Crippen molar-refractivity contribution >= 4 is 70.2 Å². The fraction of sp³-hybridized carbons (Fsp3) is 0. The zero-order valence-corrected chi connectivity index (χ0v) is 8.34. The maximum absolute atomic E-state index is 10.3. The fourth-order valence-corrected chi connectivity index (χ4v) is 1.28. The van der Waals surface area contributed by atoms with Crippen LogP contribution in [0.3, 0.4) is 0 Å². The molecule has 0 N–H and O–H groups in total. The van der Waals surface area contributed by atoms with Crippen LogP contribution in [0, 0.1) is 10.1 Å². The molecule has 0 aliphatic heterocycles. The van der Waals surface area contributed by atoms with Crippen molar-refractivity contribution in [2.75, 3.05) is 4.53 Å². The summed E-state index contributed by atoms with van der Waals surface area (Å²) >= 11 is 16.6. The molecule has 0 saturated heterocycles. The molecule has 0 spiro atoms. The summed E-state index contributed by atoms with van der Waals surface area (Å²) in [7, 11) is 0. The van der Waals surface area contributed by atoms with Gasteiger partial charge in [0.1, 0.15) is 5.69 Å². The van der Waals surface area contributed by atoms with Crippen molar-refractivity contribution in [3.8, 4) is 0 Å². The molecule has 8 heteroatoms. The molecule has 0 heterocycles. The average Bonchev–Trinajstić information content (AvgIpc) is 2.08. The van der Waals surface area contributed by atoms with E-state index in [4.69, 9.17) is 35.0 Å². The Morgan fingerprint density at radius 2 is 1.93 bits per heavy atom. The molecule has 0 radical (unpaired) electrons. The van der Waals surface area contributed by atoms with Gasteiger partial charge in [-0.2, -0.15) is 0 Å². The van der Waals surface area contributed by atoms with Gasteiger partial charge in [-0.3, -0.25) is 0 Å². The summed E-state index contributed by atoms with van der Waals surface area (Å²) in [5.74, 6) is 0. The van der Waals surface area contributed by atoms with Crippen LogP contribution in [-0.4, -0.2) is 34.6 Å². The molecule has 0 amide bonds. The van der Waals surface area contributed by atoms with Gasteiger partial charge in [-0.1, -0.05) is 29.3 Å². The van der Waals surface area contributed by atoms with E-state index in [1.54, 1.807) is 0 Å². The zero-order chi connectivity index (χ0) is 10.0. The summed E-state index contributed by atoms with van der Waals surface area (Å²) in [5, 5.41) is 9.72. The molecular weight excluding hydrogens is 261 g/mol. The van der Waals surface area contributed by atoms with Crippen molar-refractivity contribution in [2.45, 2.75) is 0 Å². The second kappa shape index (κ2) is 6.00. The van der Waals surface area contributed by atoms with Crippen LogP contribution in [0.1, 0.15) is 0 Å². The van der Waals surface area contributed by atoms with Gasteiger partial charge in [-0.05, 0) is 12.1 Å². The van der Waals surface area contributed by atoms with E-state index in [0.717, 1.165) is 0 Å². The number of anilines is 1. The van der Waals surface area contributed by atoms with Gasteiger partial charge in [-0.25, -0.2) is 10.1 Å². The van der Waals surface area contributed by atoms with Gasteiger partial charge in [-0.15, -0.1) is 0 Å². The quantitative estimate of drug-likeness (QED) is 0.357. The first-order valence-electron chi connectivity index (χ1n) is 3.08. The van der Waals surface area contributed by atoms with Crippen molar-refractivity contribution in [3.63, 3.8) is 0 Å². The summed E-state index contributed by atoms with van der Waals surface area (Å²) in [6.07, 6.45) is 0. The zero-order valence-electron chi connectivity index (χ0n) is 6.08. The van der Waals surface area contributed by atoms with Crippen LogP contribution in [0.2, 0.25) is 10.0 Å². The fourth-order valence-electron chi connectivity index (χ4n) is 0.723. The van der Waals surface area contributed by atoms with Crippen LogP contribution < -0.4 is 4.53 Å². The molecule has 0 saturated carbocycles. The number of hydrogen-bond acceptors (Lipinski definition) is 2. The Bertz CT molecular complexity index is 350. The van der Waals surface area contributed by atoms with Crippen LogP contribution >= 0.6 is 35.0 Å². The molecule has 72 valence electrons. The third-order valence-electron chi connectivity index (χ3n) is 1.27. The van der Waals surface area contributed by atoms with Gasteiger partial charge in [0.2, 0.25) is 0 Å². The predicted octanol–water partition coefficient (Wildman–Crippen LogP) is 2.50. The molecule has 0 aliphatic carbocycles. The van der Waals surface area contributed by atoms with Gasteiger partial charge in [0.05, 0.1) is 21.8 Å². The van der Waals surface area contributed by atoms with Crippen molar-refractivity contribution < 1.29 is 5.03 Å². The third kappa shape index (κ3) is 3.15. The monoisotopic (exact) mass is 264 g/mol. The van der Waals surface area contributed by atoms with E-state index in [-0.39, 0.29) is 49.8 Å². The Balaban J connectivity index is 0.00000169. The number of hydrazine groups is 1. The van der Waals surface area contributed by atoms with Crippen molar-refractivity contribution in [1.29, 1.82) is 0 Å². The third-order valence-corrected chi connectivity index (χ3v) is 2.39. The number of benzene rings is 1. The second-order valence-electron chi connectivity index (χ2n) is 2.07. The van der Waals surface area contributed by atoms with Crippen LogP contribution in [0.4, 0.5) is 5.69 Å². The number of nitro groups is 1. The van der Waals surface area contributed by atoms with Gasteiger partial charge in [0.15, 0.2) is 5.03 Å². The van der Waals surface area contributed by atoms with E-state index < -0.39 is 5.03 Å². The van der Waals surface area contributed by atoms with Crippen LogP contribution in [0.25, 0.3) is 0 Å². The van der Waals surface area contributed by atoms with Crippen LogP contribution in [0.15, 0.2) is 18.2 Å². The SMILES string of the molecule is O=[N+]([O-])N(Cl)c1cccc(Cl)c1Cl.[NaH]. The Morgan fingerprint density at radius 3 is 2.43 bits per heavy atom. The number of hydrogen-bond donors (Lipinski definition) is 0. The first-order chi connectivity index (χ1) is 6.04. The molecule has 1 aromatic carbocycles. The number of halogens is 3. The van der Waals surface area contributed by atoms with E-state index in [2.05, 4.69) is 0 Å². The molecule has 1 rings (SSSR count). The van der Waals surface area contributed by atoms with Gasteiger partial charge < -0.3 is 0 Å². The van der Waals surface area contributed by atoms with Gasteiger partial charge in [0.25, 0.3) is 0 Å². The topological polar surface area (TPSA) is 46.4 Å².